The number of Topliss-reactive ketones (excluding diaryl/α,β-unsaturated/α-hetero) is 1. The van der Waals surface area contributed by atoms with Crippen LogP contribution in [0.4, 0.5) is 10.1 Å². The van der Waals surface area contributed by atoms with Crippen LogP contribution in [0.15, 0.2) is 36.4 Å². The van der Waals surface area contributed by atoms with E-state index in [-0.39, 0.29) is 16.3 Å². The summed E-state index contributed by atoms with van der Waals surface area (Å²) < 4.78 is 23.2. The molecule has 0 radical (unpaired) electrons. The van der Waals surface area contributed by atoms with Crippen molar-refractivity contribution in [1.29, 1.82) is 0 Å². The van der Waals surface area contributed by atoms with Crippen molar-refractivity contribution in [3.8, 4) is 11.5 Å². The van der Waals surface area contributed by atoms with E-state index < -0.39 is 28.8 Å². The number of hydrogen-bond acceptors (Lipinski definition) is 5. The van der Waals surface area contributed by atoms with Crippen LogP contribution < -0.4 is 9.47 Å². The molecule has 0 heterocycles. The summed E-state index contributed by atoms with van der Waals surface area (Å²) in [4.78, 5) is 22.2. The fourth-order valence-corrected chi connectivity index (χ4v) is 2.08. The lowest BCUT2D eigenvalue weighted by atomic mass is 10.1. The van der Waals surface area contributed by atoms with Crippen molar-refractivity contribution in [3.63, 3.8) is 0 Å². The van der Waals surface area contributed by atoms with Crippen molar-refractivity contribution >= 4 is 23.1 Å². The maximum atomic E-state index is 13.2. The van der Waals surface area contributed by atoms with Crippen LogP contribution in [0.3, 0.4) is 0 Å². The number of methoxy groups -OCH3 is 1. The third-order valence-electron chi connectivity index (χ3n) is 2.95. The average molecular weight is 340 g/mol. The van der Waals surface area contributed by atoms with E-state index in [1.807, 2.05) is 0 Å². The summed E-state index contributed by atoms with van der Waals surface area (Å²) in [6.07, 6.45) is 0. The monoisotopic (exact) mass is 339 g/mol. The molecule has 0 aliphatic carbocycles. The van der Waals surface area contributed by atoms with Gasteiger partial charge in [-0.2, -0.15) is 0 Å². The fraction of sp³-hybridized carbons (Fsp3) is 0.133. The number of nitro benzene ring substituents is 1. The minimum Gasteiger partial charge on any atom is -0.495 e. The molecule has 8 heteroatoms. The van der Waals surface area contributed by atoms with Crippen molar-refractivity contribution < 1.29 is 23.6 Å². The highest BCUT2D eigenvalue weighted by molar-refractivity contribution is 6.32. The van der Waals surface area contributed by atoms with Gasteiger partial charge in [0.25, 0.3) is 0 Å². The first kappa shape index (κ1) is 16.7. The van der Waals surface area contributed by atoms with Gasteiger partial charge in [-0.25, -0.2) is 4.39 Å². The van der Waals surface area contributed by atoms with Crippen molar-refractivity contribution in [2.45, 2.75) is 0 Å². The van der Waals surface area contributed by atoms with Crippen molar-refractivity contribution in [3.05, 3.63) is 62.9 Å². The molecule has 0 amide bonds. The Hall–Kier alpha value is -2.67. The molecular weight excluding hydrogens is 329 g/mol. The van der Waals surface area contributed by atoms with Crippen molar-refractivity contribution in [2.75, 3.05) is 13.7 Å². The van der Waals surface area contributed by atoms with Gasteiger partial charge in [0.05, 0.1) is 17.1 Å². The molecule has 2 aromatic rings. The molecular formula is C15H11ClFNO5. The molecule has 0 aromatic heterocycles. The summed E-state index contributed by atoms with van der Waals surface area (Å²) in [6, 6.07) is 7.16. The summed E-state index contributed by atoms with van der Waals surface area (Å²) in [5.41, 5.74) is -0.179. The second kappa shape index (κ2) is 7.06. The van der Waals surface area contributed by atoms with Gasteiger partial charge in [0, 0.05) is 17.7 Å². The summed E-state index contributed by atoms with van der Waals surface area (Å²) in [6.45, 7) is -0.493. The van der Waals surface area contributed by atoms with Crippen molar-refractivity contribution in [1.82, 2.24) is 0 Å². The van der Waals surface area contributed by atoms with Crippen LogP contribution in [0.2, 0.25) is 5.02 Å². The van der Waals surface area contributed by atoms with E-state index in [4.69, 9.17) is 21.1 Å². The molecule has 6 nitrogen and oxygen atoms in total. The number of carbonyl (C=O) groups is 1. The number of halogens is 2. The number of ether oxygens (including phenoxy) is 2. The van der Waals surface area contributed by atoms with Crippen LogP contribution in [0.1, 0.15) is 10.4 Å². The van der Waals surface area contributed by atoms with Gasteiger partial charge in [-0.1, -0.05) is 11.6 Å². The number of nitrogens with zero attached hydrogens (tertiary/aromatic N) is 1. The van der Waals surface area contributed by atoms with E-state index in [1.54, 1.807) is 0 Å². The maximum absolute atomic E-state index is 13.2. The highest BCUT2D eigenvalue weighted by Crippen LogP contribution is 2.28. The summed E-state index contributed by atoms with van der Waals surface area (Å²) in [5, 5.41) is 11.1. The van der Waals surface area contributed by atoms with E-state index in [0.29, 0.717) is 5.75 Å². The molecule has 23 heavy (non-hydrogen) atoms. The minimum absolute atomic E-state index is 0.245. The lowest BCUT2D eigenvalue weighted by molar-refractivity contribution is -0.385. The van der Waals surface area contributed by atoms with Crippen LogP contribution >= 0.6 is 11.6 Å². The SMILES string of the molecule is COc1ccc(C(=O)COc2cc(F)ccc2[N+](=O)[O-])cc1Cl. The summed E-state index contributed by atoms with van der Waals surface area (Å²) >= 11 is 5.92. The second-order valence-corrected chi connectivity index (χ2v) is 4.84. The standard InChI is InChI=1S/C15H11ClFNO5/c1-22-14-5-2-9(6-11(14)16)13(19)8-23-15-7-10(17)3-4-12(15)18(20)21/h2-7H,8H2,1H3. The Morgan fingerprint density at radius 2 is 2.00 bits per heavy atom. The Morgan fingerprint density at radius 3 is 2.61 bits per heavy atom. The molecule has 0 unspecified atom stereocenters. The predicted octanol–water partition coefficient (Wildman–Crippen LogP) is 3.66. The van der Waals surface area contributed by atoms with Crippen LogP contribution in [-0.2, 0) is 0 Å². The Morgan fingerprint density at radius 1 is 1.26 bits per heavy atom. The molecule has 0 fully saturated rings. The zero-order chi connectivity index (χ0) is 17.0. The summed E-state index contributed by atoms with van der Waals surface area (Å²) in [5.74, 6) is -1.08. The first-order valence-corrected chi connectivity index (χ1v) is 6.73. The van der Waals surface area contributed by atoms with Crippen LogP contribution in [0, 0.1) is 15.9 Å². The zero-order valence-corrected chi connectivity index (χ0v) is 12.7. The topological polar surface area (TPSA) is 78.7 Å². The Balaban J connectivity index is 2.15. The third kappa shape index (κ3) is 3.95. The smallest absolute Gasteiger partial charge is 0.311 e. The Bertz CT molecular complexity index is 766. The molecule has 0 saturated heterocycles. The first-order chi connectivity index (χ1) is 10.9. The molecule has 0 aliphatic rings. The second-order valence-electron chi connectivity index (χ2n) is 4.43. The zero-order valence-electron chi connectivity index (χ0n) is 11.9. The molecule has 0 N–H and O–H groups in total. The molecule has 0 saturated carbocycles. The summed E-state index contributed by atoms with van der Waals surface area (Å²) in [7, 11) is 1.44. The van der Waals surface area contributed by atoms with E-state index in [2.05, 4.69) is 0 Å². The van der Waals surface area contributed by atoms with Gasteiger partial charge in [-0.15, -0.1) is 0 Å². The Labute approximate surface area is 135 Å². The van der Waals surface area contributed by atoms with Gasteiger partial charge in [-0.05, 0) is 24.3 Å². The van der Waals surface area contributed by atoms with Crippen LogP contribution in [0.25, 0.3) is 0 Å². The van der Waals surface area contributed by atoms with Gasteiger partial charge in [0.15, 0.2) is 18.1 Å². The number of hydrogen-bond donors (Lipinski definition) is 0. The number of rotatable bonds is 6. The number of ketones is 1. The van der Waals surface area contributed by atoms with Crippen LogP contribution in [-0.4, -0.2) is 24.4 Å². The molecule has 0 bridgehead atoms. The molecule has 2 aromatic carbocycles. The average Bonchev–Trinajstić information content (AvgIpc) is 2.52. The van der Waals surface area contributed by atoms with E-state index in [9.17, 15) is 19.3 Å². The van der Waals surface area contributed by atoms with Gasteiger partial charge >= 0.3 is 5.69 Å². The first-order valence-electron chi connectivity index (χ1n) is 6.36. The highest BCUT2D eigenvalue weighted by Gasteiger charge is 2.18. The minimum atomic E-state index is -0.719. The quantitative estimate of drug-likeness (QED) is 0.456. The van der Waals surface area contributed by atoms with Crippen molar-refractivity contribution in [2.24, 2.45) is 0 Å². The fourth-order valence-electron chi connectivity index (χ4n) is 1.82. The molecule has 120 valence electrons. The van der Waals surface area contributed by atoms with Gasteiger partial charge in [-0.3, -0.25) is 14.9 Å². The third-order valence-corrected chi connectivity index (χ3v) is 3.25. The lowest BCUT2D eigenvalue weighted by Gasteiger charge is -2.08. The lowest BCUT2D eigenvalue weighted by Crippen LogP contribution is -2.12. The maximum Gasteiger partial charge on any atom is 0.311 e. The van der Waals surface area contributed by atoms with E-state index in [1.165, 1.54) is 25.3 Å². The van der Waals surface area contributed by atoms with E-state index in [0.717, 1.165) is 18.2 Å². The van der Waals surface area contributed by atoms with E-state index >= 15 is 0 Å². The number of nitro groups is 1. The number of benzene rings is 2. The molecule has 0 spiro atoms. The molecule has 0 aliphatic heterocycles. The largest absolute Gasteiger partial charge is 0.495 e. The molecule has 0 atom stereocenters. The van der Waals surface area contributed by atoms with Gasteiger partial charge < -0.3 is 9.47 Å². The Kier molecular flexibility index (Phi) is 5.13. The van der Waals surface area contributed by atoms with Crippen LogP contribution in [0.5, 0.6) is 11.5 Å². The highest BCUT2D eigenvalue weighted by atomic mass is 35.5. The van der Waals surface area contributed by atoms with Gasteiger partial charge in [0.2, 0.25) is 0 Å². The predicted molar refractivity (Wildman–Crippen MR) is 80.9 cm³/mol. The van der Waals surface area contributed by atoms with Gasteiger partial charge in [0.1, 0.15) is 11.6 Å². The number of carbonyl (C=O) groups excluding carboxylic acids is 1. The molecule has 2 rings (SSSR count). The normalized spacial score (nSPS) is 10.2.